The Balaban J connectivity index is 1.90. The fourth-order valence-electron chi connectivity index (χ4n) is 3.63. The van der Waals surface area contributed by atoms with Crippen molar-refractivity contribution in [1.82, 2.24) is 28.5 Å². The summed E-state index contributed by atoms with van der Waals surface area (Å²) < 4.78 is 9.50. The number of amides is 1. The predicted molar refractivity (Wildman–Crippen MR) is 104 cm³/mol. The molecule has 1 aliphatic rings. The second kappa shape index (κ2) is 7.78. The maximum Gasteiger partial charge on any atom is 0.409 e. The summed E-state index contributed by atoms with van der Waals surface area (Å²) in [6.07, 6.45) is -0.282. The number of ether oxygens (including phenoxy) is 1. The van der Waals surface area contributed by atoms with Crippen molar-refractivity contribution in [3.8, 4) is 0 Å². The Hall–Kier alpha value is -2.62. The number of carbonyl (C=O) groups excluding carboxylic acids is 1. The van der Waals surface area contributed by atoms with Gasteiger partial charge in [-0.2, -0.15) is 0 Å². The van der Waals surface area contributed by atoms with E-state index < -0.39 is 0 Å². The predicted octanol–water partition coefficient (Wildman–Crippen LogP) is 0.289. The van der Waals surface area contributed by atoms with Gasteiger partial charge in [0.25, 0.3) is 5.56 Å². The van der Waals surface area contributed by atoms with Crippen LogP contribution in [0.3, 0.4) is 0 Å². The molecule has 10 nitrogen and oxygen atoms in total. The smallest absolute Gasteiger partial charge is 0.409 e. The lowest BCUT2D eigenvalue weighted by Gasteiger charge is -2.33. The van der Waals surface area contributed by atoms with Gasteiger partial charge < -0.3 is 14.2 Å². The molecule has 3 heterocycles. The van der Waals surface area contributed by atoms with Crippen molar-refractivity contribution in [2.75, 3.05) is 32.8 Å². The number of carbonyl (C=O) groups is 1. The number of nitrogens with zero attached hydrogens (tertiary/aromatic N) is 6. The third-order valence-electron chi connectivity index (χ3n) is 5.14. The molecule has 1 amide bonds. The van der Waals surface area contributed by atoms with Crippen LogP contribution in [-0.4, -0.2) is 67.4 Å². The van der Waals surface area contributed by atoms with Gasteiger partial charge in [-0.05, 0) is 20.8 Å². The number of hydrogen-bond donors (Lipinski definition) is 0. The molecule has 0 atom stereocenters. The molecule has 0 spiro atoms. The molecule has 0 radical (unpaired) electrons. The fourth-order valence-corrected chi connectivity index (χ4v) is 3.63. The molecule has 0 bridgehead atoms. The summed E-state index contributed by atoms with van der Waals surface area (Å²) in [7, 11) is 3.11. The number of hydrogen-bond acceptors (Lipinski definition) is 6. The zero-order chi connectivity index (χ0) is 20.6. The largest absolute Gasteiger partial charge is 0.450 e. The van der Waals surface area contributed by atoms with Crippen LogP contribution in [0.1, 0.15) is 32.6 Å². The van der Waals surface area contributed by atoms with Gasteiger partial charge in [-0.25, -0.2) is 14.6 Å². The molecule has 10 heteroatoms. The molecule has 1 aliphatic heterocycles. The average molecular weight is 392 g/mol. The van der Waals surface area contributed by atoms with Crippen LogP contribution >= 0.6 is 0 Å². The van der Waals surface area contributed by atoms with Crippen LogP contribution in [0.2, 0.25) is 0 Å². The highest BCUT2D eigenvalue weighted by molar-refractivity contribution is 5.71. The van der Waals surface area contributed by atoms with Crippen LogP contribution in [0.25, 0.3) is 11.2 Å². The molecule has 28 heavy (non-hydrogen) atoms. The molecule has 0 saturated carbocycles. The highest BCUT2D eigenvalue weighted by Crippen LogP contribution is 2.19. The zero-order valence-electron chi connectivity index (χ0n) is 17.1. The Morgan fingerprint density at radius 3 is 2.32 bits per heavy atom. The number of aromatic nitrogens is 4. The Kier molecular flexibility index (Phi) is 5.59. The van der Waals surface area contributed by atoms with Crippen molar-refractivity contribution >= 4 is 17.3 Å². The lowest BCUT2D eigenvalue weighted by molar-refractivity contribution is 0.0768. The summed E-state index contributed by atoms with van der Waals surface area (Å²) in [6, 6.07) is 0.0195. The molecule has 2 aromatic rings. The van der Waals surface area contributed by atoms with Gasteiger partial charge in [-0.1, -0.05) is 0 Å². The summed E-state index contributed by atoms with van der Waals surface area (Å²) in [4.78, 5) is 45.4. The first-order valence-electron chi connectivity index (χ1n) is 9.57. The third kappa shape index (κ3) is 3.44. The summed E-state index contributed by atoms with van der Waals surface area (Å²) in [5.74, 6) is 0.743. The van der Waals surface area contributed by atoms with Crippen LogP contribution in [0.15, 0.2) is 9.59 Å². The molecular weight excluding hydrogens is 364 g/mol. The minimum Gasteiger partial charge on any atom is -0.450 e. The van der Waals surface area contributed by atoms with Gasteiger partial charge >= 0.3 is 11.8 Å². The molecule has 2 aromatic heterocycles. The standard InChI is InChI=1S/C18H28N6O4/c1-6-28-18(27)23-9-7-22(8-10-23)11-13-19-15-14(24(13)12(2)3)16(25)21(5)17(26)20(15)4/h12H,6-11H2,1-5H3. The van der Waals surface area contributed by atoms with E-state index in [4.69, 9.17) is 4.74 Å². The van der Waals surface area contributed by atoms with E-state index >= 15 is 0 Å². The van der Waals surface area contributed by atoms with Gasteiger partial charge in [-0.3, -0.25) is 18.8 Å². The van der Waals surface area contributed by atoms with Crippen LogP contribution in [0, 0.1) is 0 Å². The van der Waals surface area contributed by atoms with E-state index in [0.29, 0.717) is 50.5 Å². The number of rotatable bonds is 4. The van der Waals surface area contributed by atoms with Gasteiger partial charge in [0, 0.05) is 46.3 Å². The van der Waals surface area contributed by atoms with Gasteiger partial charge in [0.15, 0.2) is 11.2 Å². The number of imidazole rings is 1. The fraction of sp³-hybridized carbons (Fsp3) is 0.667. The Labute approximate surface area is 162 Å². The Morgan fingerprint density at radius 2 is 1.75 bits per heavy atom. The number of piperazine rings is 1. The van der Waals surface area contributed by atoms with Gasteiger partial charge in [0.05, 0.1) is 13.2 Å². The van der Waals surface area contributed by atoms with E-state index in [1.807, 2.05) is 18.4 Å². The maximum atomic E-state index is 12.7. The normalized spacial score (nSPS) is 15.6. The molecule has 0 N–H and O–H groups in total. The van der Waals surface area contributed by atoms with E-state index in [-0.39, 0.29) is 23.4 Å². The van der Waals surface area contributed by atoms with Crippen LogP contribution in [-0.2, 0) is 25.4 Å². The van der Waals surface area contributed by atoms with Gasteiger partial charge in [0.2, 0.25) is 0 Å². The van der Waals surface area contributed by atoms with E-state index in [1.165, 1.54) is 11.6 Å². The van der Waals surface area contributed by atoms with Crippen molar-refractivity contribution in [3.63, 3.8) is 0 Å². The van der Waals surface area contributed by atoms with E-state index in [9.17, 15) is 14.4 Å². The molecule has 0 aromatic carbocycles. The van der Waals surface area contributed by atoms with Crippen molar-refractivity contribution in [1.29, 1.82) is 0 Å². The van der Waals surface area contributed by atoms with E-state index in [0.717, 1.165) is 10.4 Å². The molecule has 0 aliphatic carbocycles. The van der Waals surface area contributed by atoms with Crippen LogP contribution in [0.5, 0.6) is 0 Å². The average Bonchev–Trinajstić information content (AvgIpc) is 3.05. The highest BCUT2D eigenvalue weighted by atomic mass is 16.6. The van der Waals surface area contributed by atoms with E-state index in [2.05, 4.69) is 9.88 Å². The summed E-state index contributed by atoms with van der Waals surface area (Å²) in [6.45, 7) is 9.24. The quantitative estimate of drug-likeness (QED) is 0.742. The monoisotopic (exact) mass is 392 g/mol. The van der Waals surface area contributed by atoms with E-state index in [1.54, 1.807) is 18.9 Å². The molecule has 3 rings (SSSR count). The third-order valence-corrected chi connectivity index (χ3v) is 5.14. The van der Waals surface area contributed by atoms with Crippen molar-refractivity contribution in [3.05, 3.63) is 26.7 Å². The van der Waals surface area contributed by atoms with Crippen LogP contribution < -0.4 is 11.2 Å². The number of aryl methyl sites for hydroxylation is 1. The first-order chi connectivity index (χ1) is 13.3. The Bertz CT molecular complexity index is 994. The number of fused-ring (bicyclic) bond motifs is 1. The lowest BCUT2D eigenvalue weighted by atomic mass is 10.3. The van der Waals surface area contributed by atoms with Gasteiger partial charge in [0.1, 0.15) is 5.82 Å². The minimum atomic E-state index is -0.388. The topological polar surface area (TPSA) is 94.6 Å². The maximum absolute atomic E-state index is 12.7. The van der Waals surface area contributed by atoms with Gasteiger partial charge in [-0.15, -0.1) is 0 Å². The lowest BCUT2D eigenvalue weighted by Crippen LogP contribution is -2.48. The summed E-state index contributed by atoms with van der Waals surface area (Å²) >= 11 is 0. The van der Waals surface area contributed by atoms with Crippen molar-refractivity contribution < 1.29 is 9.53 Å². The Morgan fingerprint density at radius 1 is 1.11 bits per heavy atom. The summed E-state index contributed by atoms with van der Waals surface area (Å²) in [5.41, 5.74) is 0.125. The summed E-state index contributed by atoms with van der Waals surface area (Å²) in [5, 5.41) is 0. The second-order valence-electron chi connectivity index (χ2n) is 7.33. The molecule has 154 valence electrons. The second-order valence-corrected chi connectivity index (χ2v) is 7.33. The van der Waals surface area contributed by atoms with Crippen molar-refractivity contribution in [2.45, 2.75) is 33.4 Å². The van der Waals surface area contributed by atoms with Crippen molar-refractivity contribution in [2.24, 2.45) is 14.1 Å². The first kappa shape index (κ1) is 20.1. The highest BCUT2D eigenvalue weighted by Gasteiger charge is 2.25. The molecular formula is C18H28N6O4. The molecule has 1 fully saturated rings. The zero-order valence-corrected chi connectivity index (χ0v) is 17.1. The van der Waals surface area contributed by atoms with Crippen LogP contribution in [0.4, 0.5) is 4.79 Å². The molecule has 0 unspecified atom stereocenters. The minimum absolute atomic E-state index is 0.0195. The molecule has 1 saturated heterocycles. The SMILES string of the molecule is CCOC(=O)N1CCN(Cc2nc3c(c(=O)n(C)c(=O)n3C)n2C(C)C)CC1. The first-order valence-corrected chi connectivity index (χ1v) is 9.57.